The highest BCUT2D eigenvalue weighted by atomic mass is 16.3. The summed E-state index contributed by atoms with van der Waals surface area (Å²) in [5, 5.41) is 13.9. The van der Waals surface area contributed by atoms with Crippen LogP contribution < -0.4 is 10.2 Å². The van der Waals surface area contributed by atoms with Gasteiger partial charge >= 0.3 is 0 Å². The van der Waals surface area contributed by atoms with Crippen LogP contribution in [-0.2, 0) is 24.2 Å². The second-order valence-corrected chi connectivity index (χ2v) is 7.78. The van der Waals surface area contributed by atoms with Gasteiger partial charge in [0.05, 0.1) is 12.2 Å². The van der Waals surface area contributed by atoms with Crippen molar-refractivity contribution in [3.8, 4) is 5.75 Å². The number of aryl methyl sites for hydroxylation is 2. The molecule has 3 aromatic rings. The number of hydrogen-bond acceptors (Lipinski definition) is 4. The molecule has 0 bridgehead atoms. The minimum absolute atomic E-state index is 0.0686. The summed E-state index contributed by atoms with van der Waals surface area (Å²) in [5.41, 5.74) is 4.87. The van der Waals surface area contributed by atoms with Gasteiger partial charge in [-0.3, -0.25) is 4.79 Å². The van der Waals surface area contributed by atoms with Gasteiger partial charge in [-0.15, -0.1) is 0 Å². The SMILES string of the molecule is O=C(C1CCc2ccccc2CC1)N1Cc2cccnc2Nc2cccc(O)c21. The molecule has 2 aliphatic rings. The molecule has 0 saturated carbocycles. The smallest absolute Gasteiger partial charge is 0.230 e. The first kappa shape index (κ1) is 17.7. The molecule has 0 saturated heterocycles. The zero-order valence-electron chi connectivity index (χ0n) is 16.1. The number of phenols is 1. The van der Waals surface area contributed by atoms with Crippen LogP contribution in [0.5, 0.6) is 5.75 Å². The van der Waals surface area contributed by atoms with Crippen molar-refractivity contribution in [2.45, 2.75) is 32.2 Å². The molecule has 2 aromatic carbocycles. The molecule has 5 rings (SSSR count). The van der Waals surface area contributed by atoms with E-state index in [0.717, 1.165) is 37.1 Å². The number of benzene rings is 2. The maximum atomic E-state index is 13.7. The number of amides is 1. The fourth-order valence-corrected chi connectivity index (χ4v) is 4.48. The molecule has 2 heterocycles. The monoisotopic (exact) mass is 385 g/mol. The van der Waals surface area contributed by atoms with Gasteiger partial charge in [0, 0.05) is 17.7 Å². The summed E-state index contributed by atoms with van der Waals surface area (Å²) in [7, 11) is 0. The highest BCUT2D eigenvalue weighted by molar-refractivity contribution is 6.01. The van der Waals surface area contributed by atoms with E-state index in [-0.39, 0.29) is 17.6 Å². The Hall–Kier alpha value is -3.34. The Bertz CT molecular complexity index is 1050. The normalized spacial score (nSPS) is 15.9. The predicted molar refractivity (Wildman–Crippen MR) is 113 cm³/mol. The van der Waals surface area contributed by atoms with Crippen molar-refractivity contribution in [2.24, 2.45) is 5.92 Å². The molecule has 0 unspecified atom stereocenters. The molecule has 5 heteroatoms. The highest BCUT2D eigenvalue weighted by Crippen LogP contribution is 2.42. The highest BCUT2D eigenvalue weighted by Gasteiger charge is 2.32. The first-order chi connectivity index (χ1) is 14.2. The number of aromatic hydroxyl groups is 1. The Kier molecular flexibility index (Phi) is 4.43. The molecule has 0 radical (unpaired) electrons. The van der Waals surface area contributed by atoms with E-state index in [1.54, 1.807) is 23.2 Å². The maximum absolute atomic E-state index is 13.7. The van der Waals surface area contributed by atoms with E-state index in [1.165, 1.54) is 11.1 Å². The molecule has 0 atom stereocenters. The van der Waals surface area contributed by atoms with E-state index in [9.17, 15) is 9.90 Å². The maximum Gasteiger partial charge on any atom is 0.230 e. The van der Waals surface area contributed by atoms with Gasteiger partial charge in [-0.05, 0) is 55.0 Å². The number of fused-ring (bicyclic) bond motifs is 3. The number of hydrogen-bond donors (Lipinski definition) is 2. The summed E-state index contributed by atoms with van der Waals surface area (Å²) in [5.74, 6) is 0.822. The van der Waals surface area contributed by atoms with Gasteiger partial charge < -0.3 is 15.3 Å². The standard InChI is InChI=1S/C24H23N3O2/c28-21-9-3-8-20-22(21)27(15-19-7-4-14-25-23(19)26-20)24(29)18-12-10-16-5-1-2-6-17(16)11-13-18/h1-9,14,18,28H,10-13,15H2,(H,25,26). The van der Waals surface area contributed by atoms with E-state index in [0.29, 0.717) is 17.9 Å². The van der Waals surface area contributed by atoms with Gasteiger partial charge in [-0.2, -0.15) is 0 Å². The first-order valence-electron chi connectivity index (χ1n) is 10.1. The van der Waals surface area contributed by atoms with E-state index in [4.69, 9.17) is 0 Å². The molecule has 146 valence electrons. The molecular weight excluding hydrogens is 362 g/mol. The molecule has 1 aliphatic carbocycles. The largest absolute Gasteiger partial charge is 0.506 e. The third kappa shape index (κ3) is 3.23. The fourth-order valence-electron chi connectivity index (χ4n) is 4.48. The van der Waals surface area contributed by atoms with Gasteiger partial charge in [-0.25, -0.2) is 4.98 Å². The molecule has 29 heavy (non-hydrogen) atoms. The van der Waals surface area contributed by atoms with Crippen LogP contribution >= 0.6 is 0 Å². The quantitative estimate of drug-likeness (QED) is 0.602. The summed E-state index contributed by atoms with van der Waals surface area (Å²) in [6, 6.07) is 17.6. The lowest BCUT2D eigenvalue weighted by molar-refractivity contribution is -0.122. The lowest BCUT2D eigenvalue weighted by atomic mass is 9.97. The van der Waals surface area contributed by atoms with Gasteiger partial charge in [0.25, 0.3) is 0 Å². The van der Waals surface area contributed by atoms with Crippen LogP contribution in [0.2, 0.25) is 0 Å². The Morgan fingerprint density at radius 2 is 1.69 bits per heavy atom. The summed E-state index contributed by atoms with van der Waals surface area (Å²) in [4.78, 5) is 19.9. The molecular formula is C24H23N3O2. The second-order valence-electron chi connectivity index (χ2n) is 7.78. The molecule has 0 spiro atoms. The van der Waals surface area contributed by atoms with Crippen molar-refractivity contribution in [1.29, 1.82) is 0 Å². The van der Waals surface area contributed by atoms with Crippen LogP contribution in [0.4, 0.5) is 17.2 Å². The number of carbonyl (C=O) groups excluding carboxylic acids is 1. The first-order valence-corrected chi connectivity index (χ1v) is 10.1. The Morgan fingerprint density at radius 3 is 2.45 bits per heavy atom. The van der Waals surface area contributed by atoms with E-state index >= 15 is 0 Å². The average molecular weight is 385 g/mol. The van der Waals surface area contributed by atoms with Gasteiger partial charge in [-0.1, -0.05) is 36.4 Å². The fraction of sp³-hybridized carbons (Fsp3) is 0.250. The summed E-state index contributed by atoms with van der Waals surface area (Å²) in [6.07, 6.45) is 5.19. The molecule has 1 amide bonds. The summed E-state index contributed by atoms with van der Waals surface area (Å²) in [6.45, 7) is 0.392. The van der Waals surface area contributed by atoms with Crippen molar-refractivity contribution >= 4 is 23.1 Å². The summed E-state index contributed by atoms with van der Waals surface area (Å²) >= 11 is 0. The van der Waals surface area contributed by atoms with Crippen molar-refractivity contribution < 1.29 is 9.90 Å². The number of anilines is 3. The van der Waals surface area contributed by atoms with E-state index in [1.807, 2.05) is 18.2 Å². The molecule has 5 nitrogen and oxygen atoms in total. The third-order valence-electron chi connectivity index (χ3n) is 6.02. The van der Waals surface area contributed by atoms with E-state index in [2.05, 4.69) is 34.6 Å². The minimum atomic E-state index is -0.0759. The lowest BCUT2D eigenvalue weighted by Crippen LogP contribution is -2.36. The number of phenolic OH excluding ortho intramolecular Hbond substituents is 1. The van der Waals surface area contributed by atoms with Gasteiger partial charge in [0.1, 0.15) is 17.3 Å². The minimum Gasteiger partial charge on any atom is -0.506 e. The van der Waals surface area contributed by atoms with Gasteiger partial charge in [0.15, 0.2) is 0 Å². The Balaban J connectivity index is 1.50. The molecule has 0 fully saturated rings. The average Bonchev–Trinajstić information content (AvgIpc) is 3.06. The number of carbonyl (C=O) groups is 1. The predicted octanol–water partition coefficient (Wildman–Crippen LogP) is 4.57. The number of nitrogens with zero attached hydrogens (tertiary/aromatic N) is 2. The number of pyridine rings is 1. The molecule has 1 aliphatic heterocycles. The van der Waals surface area contributed by atoms with Crippen LogP contribution in [-0.4, -0.2) is 16.0 Å². The van der Waals surface area contributed by atoms with Crippen molar-refractivity contribution in [3.05, 3.63) is 77.5 Å². The lowest BCUT2D eigenvalue weighted by Gasteiger charge is -2.27. The topological polar surface area (TPSA) is 65.5 Å². The number of aromatic nitrogens is 1. The Morgan fingerprint density at radius 1 is 0.966 bits per heavy atom. The van der Waals surface area contributed by atoms with Crippen molar-refractivity contribution in [3.63, 3.8) is 0 Å². The van der Waals surface area contributed by atoms with E-state index < -0.39 is 0 Å². The zero-order chi connectivity index (χ0) is 19.8. The number of nitrogens with one attached hydrogen (secondary N) is 1. The van der Waals surface area contributed by atoms with Crippen molar-refractivity contribution in [1.82, 2.24) is 4.98 Å². The van der Waals surface area contributed by atoms with Crippen LogP contribution in [0.25, 0.3) is 0 Å². The Labute approximate surface area is 170 Å². The molecule has 2 N–H and O–H groups in total. The number of para-hydroxylation sites is 1. The second kappa shape index (κ2) is 7.24. The van der Waals surface area contributed by atoms with Crippen LogP contribution in [0, 0.1) is 5.92 Å². The van der Waals surface area contributed by atoms with Gasteiger partial charge in [0.2, 0.25) is 5.91 Å². The number of rotatable bonds is 1. The van der Waals surface area contributed by atoms with Crippen LogP contribution in [0.15, 0.2) is 60.8 Å². The molecule has 1 aromatic heterocycles. The van der Waals surface area contributed by atoms with Crippen LogP contribution in [0.1, 0.15) is 29.5 Å². The summed E-state index contributed by atoms with van der Waals surface area (Å²) < 4.78 is 0. The third-order valence-corrected chi connectivity index (χ3v) is 6.02. The zero-order valence-corrected chi connectivity index (χ0v) is 16.1. The van der Waals surface area contributed by atoms with Crippen LogP contribution in [0.3, 0.4) is 0 Å². The van der Waals surface area contributed by atoms with Crippen molar-refractivity contribution in [2.75, 3.05) is 10.2 Å².